The zero-order valence-electron chi connectivity index (χ0n) is 19.6. The standard InChI is InChI=1S/C25H32F2N2O5/c1-15-21(23(30)33-14-16-6-4-3-5-7-16)22(29(2)25(31)28-15)18-10-11-19(34-24(26)27)20(12-18)32-13-17-8-9-17/h10-12,16-17,22,24H,3-9,13-14H2,1-2H3,(H,28,31). The van der Waals surface area contributed by atoms with Gasteiger partial charge in [0.1, 0.15) is 0 Å². The molecule has 9 heteroatoms. The Labute approximate surface area is 198 Å². The van der Waals surface area contributed by atoms with Gasteiger partial charge >= 0.3 is 18.6 Å². The van der Waals surface area contributed by atoms with Crippen molar-refractivity contribution < 1.29 is 32.6 Å². The van der Waals surface area contributed by atoms with Gasteiger partial charge in [-0.15, -0.1) is 0 Å². The van der Waals surface area contributed by atoms with Crippen LogP contribution in [-0.2, 0) is 9.53 Å². The number of carbonyl (C=O) groups is 2. The minimum absolute atomic E-state index is 0.0792. The molecule has 0 spiro atoms. The first-order chi connectivity index (χ1) is 16.3. The number of allylic oxidation sites excluding steroid dienone is 1. The third-order valence-electron chi connectivity index (χ3n) is 6.75. The van der Waals surface area contributed by atoms with Crippen LogP contribution in [0.5, 0.6) is 11.5 Å². The van der Waals surface area contributed by atoms with Crippen LogP contribution in [0.25, 0.3) is 0 Å². The van der Waals surface area contributed by atoms with Gasteiger partial charge in [0.15, 0.2) is 11.5 Å². The zero-order chi connectivity index (χ0) is 24.2. The first-order valence-electron chi connectivity index (χ1n) is 12.0. The lowest BCUT2D eigenvalue weighted by Crippen LogP contribution is -2.46. The van der Waals surface area contributed by atoms with E-state index in [4.69, 9.17) is 9.47 Å². The van der Waals surface area contributed by atoms with Crippen molar-refractivity contribution in [3.05, 3.63) is 35.0 Å². The lowest BCUT2D eigenvalue weighted by molar-refractivity contribution is -0.141. The van der Waals surface area contributed by atoms with Crippen molar-refractivity contribution in [1.29, 1.82) is 0 Å². The average molecular weight is 479 g/mol. The second-order valence-corrected chi connectivity index (χ2v) is 9.42. The van der Waals surface area contributed by atoms with Crippen molar-refractivity contribution in [2.75, 3.05) is 20.3 Å². The molecule has 0 bridgehead atoms. The third kappa shape index (κ3) is 5.80. The summed E-state index contributed by atoms with van der Waals surface area (Å²) in [6, 6.07) is 3.41. The monoisotopic (exact) mass is 478 g/mol. The Morgan fingerprint density at radius 2 is 1.79 bits per heavy atom. The van der Waals surface area contributed by atoms with Gasteiger partial charge in [-0.25, -0.2) is 9.59 Å². The second kappa shape index (κ2) is 10.6. The molecule has 1 heterocycles. The predicted molar refractivity (Wildman–Crippen MR) is 121 cm³/mol. The van der Waals surface area contributed by atoms with E-state index in [2.05, 4.69) is 10.1 Å². The molecule has 1 atom stereocenters. The molecule has 0 radical (unpaired) electrons. The largest absolute Gasteiger partial charge is 0.489 e. The van der Waals surface area contributed by atoms with Crippen LogP contribution in [0.1, 0.15) is 63.5 Å². The highest BCUT2D eigenvalue weighted by Gasteiger charge is 2.37. The highest BCUT2D eigenvalue weighted by molar-refractivity contribution is 5.95. The van der Waals surface area contributed by atoms with E-state index in [9.17, 15) is 18.4 Å². The number of halogens is 2. The van der Waals surface area contributed by atoms with E-state index in [1.54, 1.807) is 26.1 Å². The topological polar surface area (TPSA) is 77.1 Å². The molecule has 2 fully saturated rings. The third-order valence-corrected chi connectivity index (χ3v) is 6.75. The molecular formula is C25H32F2N2O5. The summed E-state index contributed by atoms with van der Waals surface area (Å²) in [6.45, 7) is -0.593. The molecule has 7 nitrogen and oxygen atoms in total. The molecule has 34 heavy (non-hydrogen) atoms. The number of esters is 1. The molecular weight excluding hydrogens is 446 g/mol. The molecule has 2 aliphatic carbocycles. The highest BCUT2D eigenvalue weighted by Crippen LogP contribution is 2.39. The molecule has 3 aliphatic rings. The summed E-state index contributed by atoms with van der Waals surface area (Å²) in [5.74, 6) is 0.342. The molecule has 1 aliphatic heterocycles. The Balaban J connectivity index is 1.60. The number of ether oxygens (including phenoxy) is 3. The molecule has 1 N–H and O–H groups in total. The van der Waals surface area contributed by atoms with Gasteiger partial charge in [0, 0.05) is 12.7 Å². The summed E-state index contributed by atoms with van der Waals surface area (Å²) in [4.78, 5) is 27.2. The van der Waals surface area contributed by atoms with Crippen molar-refractivity contribution in [2.24, 2.45) is 11.8 Å². The van der Waals surface area contributed by atoms with Gasteiger partial charge in [-0.2, -0.15) is 8.78 Å². The summed E-state index contributed by atoms with van der Waals surface area (Å²) in [5, 5.41) is 2.71. The molecule has 1 aromatic carbocycles. The number of hydrogen-bond acceptors (Lipinski definition) is 5. The van der Waals surface area contributed by atoms with Gasteiger partial charge in [0.2, 0.25) is 0 Å². The first kappa shape index (κ1) is 24.3. The number of urea groups is 1. The number of amides is 2. The minimum Gasteiger partial charge on any atom is -0.489 e. The van der Waals surface area contributed by atoms with Crippen LogP contribution in [-0.4, -0.2) is 43.8 Å². The number of rotatable bonds is 9. The van der Waals surface area contributed by atoms with E-state index in [1.807, 2.05) is 0 Å². The highest BCUT2D eigenvalue weighted by atomic mass is 19.3. The first-order valence-corrected chi connectivity index (χ1v) is 12.0. The van der Waals surface area contributed by atoms with Crippen LogP contribution in [0.2, 0.25) is 0 Å². The molecule has 2 saturated carbocycles. The quantitative estimate of drug-likeness (QED) is 0.496. The SMILES string of the molecule is CC1=C(C(=O)OCC2CCCCC2)C(c2ccc(OC(F)F)c(OCC3CC3)c2)N(C)C(=O)N1. The molecule has 0 saturated heterocycles. The summed E-state index contributed by atoms with van der Waals surface area (Å²) in [5.41, 5.74) is 1.28. The van der Waals surface area contributed by atoms with E-state index < -0.39 is 18.6 Å². The van der Waals surface area contributed by atoms with E-state index >= 15 is 0 Å². The lowest BCUT2D eigenvalue weighted by Gasteiger charge is -2.35. The number of likely N-dealkylation sites (N-methyl/N-ethyl adjacent to an activating group) is 1. The van der Waals surface area contributed by atoms with Crippen LogP contribution in [0, 0.1) is 11.8 Å². The summed E-state index contributed by atoms with van der Waals surface area (Å²) >= 11 is 0. The van der Waals surface area contributed by atoms with Crippen LogP contribution < -0.4 is 14.8 Å². The predicted octanol–water partition coefficient (Wildman–Crippen LogP) is 5.17. The van der Waals surface area contributed by atoms with Gasteiger partial charge in [0.05, 0.1) is 24.8 Å². The molecule has 2 amide bonds. The fourth-order valence-electron chi connectivity index (χ4n) is 4.61. The van der Waals surface area contributed by atoms with Crippen LogP contribution >= 0.6 is 0 Å². The summed E-state index contributed by atoms with van der Waals surface area (Å²) < 4.78 is 42.0. The average Bonchev–Trinajstić information content (AvgIpc) is 3.64. The Bertz CT molecular complexity index is 941. The molecule has 1 unspecified atom stereocenters. The fourth-order valence-corrected chi connectivity index (χ4v) is 4.61. The van der Waals surface area contributed by atoms with Crippen molar-refractivity contribution in [3.63, 3.8) is 0 Å². The Morgan fingerprint density at radius 1 is 1.09 bits per heavy atom. The van der Waals surface area contributed by atoms with Crippen molar-refractivity contribution in [1.82, 2.24) is 10.2 Å². The number of benzene rings is 1. The number of nitrogens with one attached hydrogen (secondary N) is 1. The van der Waals surface area contributed by atoms with E-state index in [-0.39, 0.29) is 17.5 Å². The maximum atomic E-state index is 13.2. The molecule has 4 rings (SSSR count). The Hall–Kier alpha value is -2.84. The number of hydrogen-bond donors (Lipinski definition) is 1. The van der Waals surface area contributed by atoms with Crippen molar-refractivity contribution in [3.8, 4) is 11.5 Å². The van der Waals surface area contributed by atoms with Crippen molar-refractivity contribution in [2.45, 2.75) is 64.5 Å². The van der Waals surface area contributed by atoms with E-state index in [0.717, 1.165) is 38.5 Å². The van der Waals surface area contributed by atoms with Crippen LogP contribution in [0.15, 0.2) is 29.5 Å². The Morgan fingerprint density at radius 3 is 2.47 bits per heavy atom. The maximum absolute atomic E-state index is 13.2. The van der Waals surface area contributed by atoms with Crippen LogP contribution in [0.3, 0.4) is 0 Å². The minimum atomic E-state index is -3.00. The van der Waals surface area contributed by atoms with Gasteiger partial charge in [0.25, 0.3) is 0 Å². The van der Waals surface area contributed by atoms with E-state index in [0.29, 0.717) is 41.9 Å². The molecule has 0 aromatic heterocycles. The zero-order valence-corrected chi connectivity index (χ0v) is 19.6. The summed E-state index contributed by atoms with van der Waals surface area (Å²) in [6.07, 6.45) is 7.65. The van der Waals surface area contributed by atoms with Gasteiger partial charge in [-0.1, -0.05) is 25.3 Å². The summed E-state index contributed by atoms with van der Waals surface area (Å²) in [7, 11) is 1.58. The maximum Gasteiger partial charge on any atom is 0.387 e. The van der Waals surface area contributed by atoms with Gasteiger partial charge < -0.3 is 24.4 Å². The van der Waals surface area contributed by atoms with Crippen molar-refractivity contribution >= 4 is 12.0 Å². The Kier molecular flexibility index (Phi) is 7.58. The lowest BCUT2D eigenvalue weighted by atomic mass is 9.90. The number of alkyl halides is 2. The number of nitrogens with zero attached hydrogens (tertiary/aromatic N) is 1. The molecule has 186 valence electrons. The second-order valence-electron chi connectivity index (χ2n) is 9.42. The van der Waals surface area contributed by atoms with Crippen LogP contribution in [0.4, 0.5) is 13.6 Å². The molecule has 1 aromatic rings. The number of carbonyl (C=O) groups excluding carboxylic acids is 2. The van der Waals surface area contributed by atoms with E-state index in [1.165, 1.54) is 17.4 Å². The fraction of sp³-hybridized carbons (Fsp3) is 0.600. The van der Waals surface area contributed by atoms with Gasteiger partial charge in [-0.3, -0.25) is 0 Å². The smallest absolute Gasteiger partial charge is 0.387 e. The normalized spacial score (nSPS) is 21.5. The van der Waals surface area contributed by atoms with Gasteiger partial charge in [-0.05, 0) is 62.1 Å².